The molecule has 0 aromatic carbocycles. The topological polar surface area (TPSA) is 66.5 Å². The number of rotatable bonds is 4. The molecule has 2 N–H and O–H groups in total. The zero-order valence-electron chi connectivity index (χ0n) is 11.5. The van der Waals surface area contributed by atoms with Crippen molar-refractivity contribution in [1.82, 2.24) is 19.9 Å². The second-order valence-corrected chi connectivity index (χ2v) is 5.72. The number of hydrogen-bond donors (Lipinski definition) is 2. The minimum Gasteiger partial charge on any atom is -0.365 e. The van der Waals surface area contributed by atoms with E-state index in [1.54, 1.807) is 13.3 Å². The SMILES string of the molecule is CC#Cc1nc(NC(C2CC2)C2CC2)c2[nH]cnc2n1. The van der Waals surface area contributed by atoms with Gasteiger partial charge in [0.1, 0.15) is 5.52 Å². The van der Waals surface area contributed by atoms with Crippen LogP contribution in [0.25, 0.3) is 11.2 Å². The molecule has 2 heterocycles. The molecule has 2 aromatic heterocycles. The van der Waals surface area contributed by atoms with Gasteiger partial charge in [0.15, 0.2) is 11.5 Å². The monoisotopic (exact) mass is 267 g/mol. The highest BCUT2D eigenvalue weighted by atomic mass is 15.1. The lowest BCUT2D eigenvalue weighted by molar-refractivity contribution is 0.566. The molecule has 0 aliphatic heterocycles. The first kappa shape index (κ1) is 11.7. The molecule has 2 aliphatic carbocycles. The van der Waals surface area contributed by atoms with E-state index >= 15 is 0 Å². The van der Waals surface area contributed by atoms with Crippen LogP contribution in [-0.4, -0.2) is 26.0 Å². The van der Waals surface area contributed by atoms with Gasteiger partial charge in [0.25, 0.3) is 0 Å². The summed E-state index contributed by atoms with van der Waals surface area (Å²) in [6.45, 7) is 1.79. The van der Waals surface area contributed by atoms with Crippen LogP contribution in [0.2, 0.25) is 0 Å². The van der Waals surface area contributed by atoms with Gasteiger partial charge in [-0.15, -0.1) is 0 Å². The van der Waals surface area contributed by atoms with Crippen LogP contribution in [0.4, 0.5) is 5.82 Å². The van der Waals surface area contributed by atoms with Crippen LogP contribution in [0.15, 0.2) is 6.33 Å². The Kier molecular flexibility index (Phi) is 2.62. The van der Waals surface area contributed by atoms with Gasteiger partial charge < -0.3 is 10.3 Å². The van der Waals surface area contributed by atoms with Crippen LogP contribution in [0.1, 0.15) is 38.4 Å². The number of aromatic amines is 1. The Hall–Kier alpha value is -2.09. The smallest absolute Gasteiger partial charge is 0.209 e. The van der Waals surface area contributed by atoms with Crippen molar-refractivity contribution < 1.29 is 0 Å². The molecule has 2 aliphatic rings. The van der Waals surface area contributed by atoms with E-state index in [0.717, 1.165) is 23.2 Å². The van der Waals surface area contributed by atoms with E-state index in [1.807, 2.05) is 0 Å². The Morgan fingerprint density at radius 3 is 2.65 bits per heavy atom. The molecule has 2 aromatic rings. The summed E-state index contributed by atoms with van der Waals surface area (Å²) in [6, 6.07) is 0.554. The minimum atomic E-state index is 0.542. The van der Waals surface area contributed by atoms with E-state index in [2.05, 4.69) is 37.1 Å². The molecule has 5 nitrogen and oxygen atoms in total. The van der Waals surface area contributed by atoms with Gasteiger partial charge in [-0.3, -0.25) is 0 Å². The Bertz CT molecular complexity index is 688. The van der Waals surface area contributed by atoms with E-state index in [-0.39, 0.29) is 0 Å². The van der Waals surface area contributed by atoms with Gasteiger partial charge in [-0.1, -0.05) is 5.92 Å². The summed E-state index contributed by atoms with van der Waals surface area (Å²) in [5.74, 6) is 8.81. The number of aromatic nitrogens is 4. The molecule has 0 amide bonds. The Labute approximate surface area is 117 Å². The summed E-state index contributed by atoms with van der Waals surface area (Å²) >= 11 is 0. The maximum absolute atomic E-state index is 4.56. The highest BCUT2D eigenvalue weighted by Gasteiger charge is 2.41. The number of fused-ring (bicyclic) bond motifs is 1. The minimum absolute atomic E-state index is 0.542. The van der Waals surface area contributed by atoms with Crippen LogP contribution in [0.3, 0.4) is 0 Å². The van der Waals surface area contributed by atoms with Gasteiger partial charge in [-0.25, -0.2) is 9.97 Å². The van der Waals surface area contributed by atoms with E-state index in [9.17, 15) is 0 Å². The summed E-state index contributed by atoms with van der Waals surface area (Å²) in [6.07, 6.45) is 7.02. The normalized spacial score (nSPS) is 18.1. The molecule has 4 rings (SSSR count). The molecular formula is C15H17N5. The number of nitrogens with one attached hydrogen (secondary N) is 2. The van der Waals surface area contributed by atoms with Gasteiger partial charge in [-0.05, 0) is 50.4 Å². The Morgan fingerprint density at radius 1 is 1.25 bits per heavy atom. The lowest BCUT2D eigenvalue weighted by atomic mass is 10.1. The number of hydrogen-bond acceptors (Lipinski definition) is 4. The van der Waals surface area contributed by atoms with Gasteiger partial charge in [-0.2, -0.15) is 4.98 Å². The van der Waals surface area contributed by atoms with Crippen molar-refractivity contribution in [2.75, 3.05) is 5.32 Å². The first-order valence-electron chi connectivity index (χ1n) is 7.25. The lowest BCUT2D eigenvalue weighted by Crippen LogP contribution is -2.25. The molecule has 0 saturated heterocycles. The van der Waals surface area contributed by atoms with Crippen LogP contribution in [-0.2, 0) is 0 Å². The zero-order chi connectivity index (χ0) is 13.5. The first-order chi connectivity index (χ1) is 9.85. The second-order valence-electron chi connectivity index (χ2n) is 5.72. The second kappa shape index (κ2) is 4.48. The highest BCUT2D eigenvalue weighted by Crippen LogP contribution is 2.46. The number of imidazole rings is 1. The molecule has 2 fully saturated rings. The van der Waals surface area contributed by atoms with Crippen molar-refractivity contribution in [3.05, 3.63) is 12.2 Å². The first-order valence-corrected chi connectivity index (χ1v) is 7.25. The number of nitrogens with zero attached hydrogens (tertiary/aromatic N) is 3. The Balaban J connectivity index is 1.72. The van der Waals surface area contributed by atoms with Crippen molar-refractivity contribution >= 4 is 17.0 Å². The molecule has 0 atom stereocenters. The Morgan fingerprint density at radius 2 is 2.00 bits per heavy atom. The molecule has 5 heteroatoms. The van der Waals surface area contributed by atoms with Gasteiger partial charge in [0.2, 0.25) is 5.82 Å². The molecule has 2 saturated carbocycles. The fourth-order valence-electron chi connectivity index (χ4n) is 2.79. The summed E-state index contributed by atoms with van der Waals surface area (Å²) in [4.78, 5) is 16.3. The van der Waals surface area contributed by atoms with Gasteiger partial charge in [0, 0.05) is 6.04 Å². The standard InChI is InChI=1S/C15H17N5/c1-2-3-11-18-14-13(16-8-17-14)15(19-11)20-12(9-4-5-9)10-6-7-10/h8-10,12H,4-7H2,1H3,(H2,16,17,18,19,20). The highest BCUT2D eigenvalue weighted by molar-refractivity contribution is 5.83. The van der Waals surface area contributed by atoms with Crippen molar-refractivity contribution in [2.45, 2.75) is 38.6 Å². The molecule has 102 valence electrons. The molecule has 0 spiro atoms. The van der Waals surface area contributed by atoms with Crippen LogP contribution >= 0.6 is 0 Å². The van der Waals surface area contributed by atoms with E-state index < -0.39 is 0 Å². The predicted octanol–water partition coefficient (Wildman–Crippen LogP) is 2.32. The van der Waals surface area contributed by atoms with Crippen molar-refractivity contribution in [3.8, 4) is 11.8 Å². The summed E-state index contributed by atoms with van der Waals surface area (Å²) < 4.78 is 0. The van der Waals surface area contributed by atoms with Gasteiger partial charge in [0.05, 0.1) is 6.33 Å². The van der Waals surface area contributed by atoms with E-state index in [1.165, 1.54) is 25.7 Å². The fraction of sp³-hybridized carbons (Fsp3) is 0.533. The summed E-state index contributed by atoms with van der Waals surface area (Å²) in [5.41, 5.74) is 1.57. The van der Waals surface area contributed by atoms with Crippen molar-refractivity contribution in [1.29, 1.82) is 0 Å². The maximum atomic E-state index is 4.56. The summed E-state index contributed by atoms with van der Waals surface area (Å²) in [7, 11) is 0. The molecule has 0 unspecified atom stereocenters. The van der Waals surface area contributed by atoms with E-state index in [0.29, 0.717) is 17.5 Å². The van der Waals surface area contributed by atoms with E-state index in [4.69, 9.17) is 0 Å². The summed E-state index contributed by atoms with van der Waals surface area (Å²) in [5, 5.41) is 3.64. The number of H-pyrrole nitrogens is 1. The third-order valence-corrected chi connectivity index (χ3v) is 4.09. The predicted molar refractivity (Wildman–Crippen MR) is 77.1 cm³/mol. The third kappa shape index (κ3) is 2.11. The molecular weight excluding hydrogens is 250 g/mol. The van der Waals surface area contributed by atoms with Crippen molar-refractivity contribution in [2.24, 2.45) is 11.8 Å². The largest absolute Gasteiger partial charge is 0.365 e. The van der Waals surface area contributed by atoms with Crippen LogP contribution in [0, 0.1) is 23.7 Å². The van der Waals surface area contributed by atoms with Gasteiger partial charge >= 0.3 is 0 Å². The molecule has 20 heavy (non-hydrogen) atoms. The average Bonchev–Trinajstić information content (AvgIpc) is 3.35. The zero-order valence-corrected chi connectivity index (χ0v) is 11.5. The van der Waals surface area contributed by atoms with Crippen molar-refractivity contribution in [3.63, 3.8) is 0 Å². The lowest BCUT2D eigenvalue weighted by Gasteiger charge is -2.18. The molecule has 0 radical (unpaired) electrons. The van der Waals surface area contributed by atoms with Crippen LogP contribution in [0.5, 0.6) is 0 Å². The third-order valence-electron chi connectivity index (χ3n) is 4.09. The fourth-order valence-corrected chi connectivity index (χ4v) is 2.79. The quantitative estimate of drug-likeness (QED) is 0.834. The molecule has 0 bridgehead atoms. The average molecular weight is 267 g/mol. The van der Waals surface area contributed by atoms with Crippen LogP contribution < -0.4 is 5.32 Å². The maximum Gasteiger partial charge on any atom is 0.209 e. The number of anilines is 1.